The molecule has 0 aliphatic rings. The average molecular weight is 1450 g/mol. The maximum atomic E-state index is 13.1. The molecule has 0 fully saturated rings. The van der Waals surface area contributed by atoms with E-state index in [2.05, 4.69) is 41.5 Å². The van der Waals surface area contributed by atoms with Gasteiger partial charge in [-0.1, -0.05) is 369 Å². The lowest BCUT2D eigenvalue weighted by atomic mass is 10.0. The highest BCUT2D eigenvalue weighted by atomic mass is 31.2. The van der Waals surface area contributed by atoms with E-state index in [4.69, 9.17) is 37.0 Å². The first-order chi connectivity index (χ1) is 47.9. The number of unbranched alkanes of at least 4 members (excludes halogenated alkanes) is 49. The molecule has 0 aliphatic heterocycles. The average Bonchev–Trinajstić information content (AvgIpc) is 1.04. The van der Waals surface area contributed by atoms with Crippen LogP contribution in [0, 0.1) is 11.8 Å². The van der Waals surface area contributed by atoms with Crippen molar-refractivity contribution < 1.29 is 80.2 Å². The Morgan fingerprint density at radius 1 is 0.273 bits per heavy atom. The van der Waals surface area contributed by atoms with Gasteiger partial charge in [0.1, 0.15) is 19.3 Å². The van der Waals surface area contributed by atoms with Crippen LogP contribution in [-0.4, -0.2) is 96.7 Å². The molecule has 0 amide bonds. The SMILES string of the molecule is CCCCCCCCCCCCCCCCCCCCCCCCC(=O)O[C@H](COC(=O)CCCCCCCCCCCCCCCCCC(C)C)COP(=O)(O)OC[C@@H](O)COP(=O)(O)OC[C@@H](COC(=O)CCCCCCCCCCC)OC(=O)CCCCCCCCCC(C)C. The molecular formula is C80H156O17P2. The molecule has 0 saturated heterocycles. The Labute approximate surface area is 607 Å². The first-order valence-electron chi connectivity index (χ1n) is 41.5. The van der Waals surface area contributed by atoms with Crippen LogP contribution in [0.3, 0.4) is 0 Å². The molecule has 0 saturated carbocycles. The number of carbonyl (C=O) groups excluding carboxylic acids is 4. The van der Waals surface area contributed by atoms with Crippen LogP contribution in [0.5, 0.6) is 0 Å². The van der Waals surface area contributed by atoms with E-state index in [1.165, 1.54) is 238 Å². The predicted molar refractivity (Wildman–Crippen MR) is 405 cm³/mol. The maximum Gasteiger partial charge on any atom is 0.472 e. The minimum atomic E-state index is -4.96. The van der Waals surface area contributed by atoms with Gasteiger partial charge in [-0.25, -0.2) is 9.13 Å². The number of esters is 4. The molecular weight excluding hydrogens is 1290 g/mol. The van der Waals surface area contributed by atoms with Crippen molar-refractivity contribution >= 4 is 39.5 Å². The van der Waals surface area contributed by atoms with Crippen LogP contribution in [0.15, 0.2) is 0 Å². The van der Waals surface area contributed by atoms with Crippen molar-refractivity contribution in [2.24, 2.45) is 11.8 Å². The third kappa shape index (κ3) is 74.1. The second-order valence-corrected chi connectivity index (χ2v) is 32.7. The van der Waals surface area contributed by atoms with Gasteiger partial charge in [-0.05, 0) is 37.5 Å². The van der Waals surface area contributed by atoms with Crippen molar-refractivity contribution in [3.8, 4) is 0 Å². The Balaban J connectivity index is 5.17. The zero-order valence-electron chi connectivity index (χ0n) is 64.8. The normalized spacial score (nSPS) is 13.9. The van der Waals surface area contributed by atoms with Crippen molar-refractivity contribution in [2.75, 3.05) is 39.6 Å². The van der Waals surface area contributed by atoms with Crippen LogP contribution in [0.4, 0.5) is 0 Å². The maximum absolute atomic E-state index is 13.1. The van der Waals surface area contributed by atoms with Crippen molar-refractivity contribution in [1.82, 2.24) is 0 Å². The van der Waals surface area contributed by atoms with Gasteiger partial charge in [0.15, 0.2) is 12.2 Å². The van der Waals surface area contributed by atoms with Crippen molar-refractivity contribution in [3.05, 3.63) is 0 Å². The predicted octanol–water partition coefficient (Wildman–Crippen LogP) is 23.9. The molecule has 19 heteroatoms. The molecule has 99 heavy (non-hydrogen) atoms. The summed E-state index contributed by atoms with van der Waals surface area (Å²) in [5.41, 5.74) is 0. The second-order valence-electron chi connectivity index (χ2n) is 29.8. The molecule has 588 valence electrons. The minimum Gasteiger partial charge on any atom is -0.462 e. The smallest absolute Gasteiger partial charge is 0.462 e. The van der Waals surface area contributed by atoms with Gasteiger partial charge in [0, 0.05) is 25.7 Å². The summed E-state index contributed by atoms with van der Waals surface area (Å²) in [6, 6.07) is 0. The molecule has 0 aromatic rings. The highest BCUT2D eigenvalue weighted by Crippen LogP contribution is 2.45. The quantitative estimate of drug-likeness (QED) is 0.0222. The molecule has 2 unspecified atom stereocenters. The van der Waals surface area contributed by atoms with Gasteiger partial charge >= 0.3 is 39.5 Å². The highest BCUT2D eigenvalue weighted by Gasteiger charge is 2.30. The Kier molecular flexibility index (Phi) is 70.3. The standard InChI is InChI=1S/C80H156O17P2/c1-7-9-11-13-15-17-18-19-20-21-22-23-24-25-26-29-33-36-40-46-52-58-64-79(84)96-75(68-91-78(83)63-57-51-45-39-35-32-30-27-28-31-34-38-42-48-54-60-72(3)4)70-94-98(86,87)92-66-74(81)67-93-99(88,89)95-71-76(69-90-77(82)62-56-50-44-37-16-14-12-10-8-2)97-80(85)65-59-53-47-41-43-49-55-61-73(5)6/h72-76,81H,7-71H2,1-6H3,(H,86,87)(H,88,89)/t74-,75-,76-/m1/s1. The third-order valence-electron chi connectivity index (χ3n) is 18.7. The Morgan fingerprint density at radius 3 is 0.687 bits per heavy atom. The summed E-state index contributed by atoms with van der Waals surface area (Å²) in [4.78, 5) is 72.8. The van der Waals surface area contributed by atoms with Crippen LogP contribution in [0.25, 0.3) is 0 Å². The number of rotatable bonds is 79. The highest BCUT2D eigenvalue weighted by molar-refractivity contribution is 7.47. The fourth-order valence-electron chi connectivity index (χ4n) is 12.4. The molecule has 3 N–H and O–H groups in total. The summed E-state index contributed by atoms with van der Waals surface area (Å²) in [5, 5.41) is 10.6. The van der Waals surface area contributed by atoms with Gasteiger partial charge in [-0.2, -0.15) is 0 Å². The van der Waals surface area contributed by atoms with Crippen molar-refractivity contribution in [1.29, 1.82) is 0 Å². The number of ether oxygens (including phenoxy) is 4. The largest absolute Gasteiger partial charge is 0.472 e. The van der Waals surface area contributed by atoms with E-state index >= 15 is 0 Å². The molecule has 0 rings (SSSR count). The summed E-state index contributed by atoms with van der Waals surface area (Å²) >= 11 is 0. The monoisotopic (exact) mass is 1450 g/mol. The van der Waals surface area contributed by atoms with E-state index in [9.17, 15) is 43.2 Å². The van der Waals surface area contributed by atoms with Gasteiger partial charge in [0.2, 0.25) is 0 Å². The third-order valence-corrected chi connectivity index (χ3v) is 20.6. The lowest BCUT2D eigenvalue weighted by Gasteiger charge is -2.21. The Bertz CT molecular complexity index is 1910. The molecule has 0 bridgehead atoms. The summed E-state index contributed by atoms with van der Waals surface area (Å²) in [7, 11) is -9.91. The van der Waals surface area contributed by atoms with Crippen molar-refractivity contribution in [2.45, 2.75) is 439 Å². The van der Waals surface area contributed by atoms with E-state index in [1.807, 2.05) is 0 Å². The second kappa shape index (κ2) is 71.7. The number of phosphoric ester groups is 2. The fraction of sp³-hybridized carbons (Fsp3) is 0.950. The Morgan fingerprint density at radius 2 is 0.465 bits per heavy atom. The fourth-order valence-corrected chi connectivity index (χ4v) is 13.9. The summed E-state index contributed by atoms with van der Waals surface area (Å²) in [5.74, 6) is -0.614. The van der Waals surface area contributed by atoms with Crippen LogP contribution < -0.4 is 0 Å². The summed E-state index contributed by atoms with van der Waals surface area (Å²) in [6.07, 6.45) is 61.4. The number of aliphatic hydroxyl groups excluding tert-OH is 1. The van der Waals surface area contributed by atoms with E-state index in [0.717, 1.165) is 95.8 Å². The minimum absolute atomic E-state index is 0.104. The van der Waals surface area contributed by atoms with E-state index in [-0.39, 0.29) is 25.7 Å². The molecule has 5 atom stereocenters. The first kappa shape index (κ1) is 97.1. The Hall–Kier alpha value is -1.94. The van der Waals surface area contributed by atoms with Crippen LogP contribution in [0.1, 0.15) is 420 Å². The first-order valence-corrected chi connectivity index (χ1v) is 44.5. The summed E-state index contributed by atoms with van der Waals surface area (Å²) in [6.45, 7) is 9.56. The topological polar surface area (TPSA) is 237 Å². The zero-order chi connectivity index (χ0) is 72.8. The molecule has 17 nitrogen and oxygen atoms in total. The van der Waals surface area contributed by atoms with Crippen LogP contribution in [0.2, 0.25) is 0 Å². The van der Waals surface area contributed by atoms with Crippen LogP contribution >= 0.6 is 15.6 Å². The number of carbonyl (C=O) groups is 4. The number of hydrogen-bond acceptors (Lipinski definition) is 15. The molecule has 0 aromatic heterocycles. The number of phosphoric acid groups is 2. The van der Waals surface area contributed by atoms with E-state index < -0.39 is 97.5 Å². The lowest BCUT2D eigenvalue weighted by molar-refractivity contribution is -0.161. The number of hydrogen-bond donors (Lipinski definition) is 3. The van der Waals surface area contributed by atoms with Crippen molar-refractivity contribution in [3.63, 3.8) is 0 Å². The van der Waals surface area contributed by atoms with E-state index in [1.54, 1.807) is 0 Å². The summed E-state index contributed by atoms with van der Waals surface area (Å²) < 4.78 is 68.6. The van der Waals surface area contributed by atoms with Gasteiger partial charge in [-0.3, -0.25) is 37.3 Å². The van der Waals surface area contributed by atoms with Gasteiger partial charge < -0.3 is 33.8 Å². The van der Waals surface area contributed by atoms with Gasteiger partial charge in [0.05, 0.1) is 26.4 Å². The zero-order valence-corrected chi connectivity index (χ0v) is 66.6. The molecule has 0 aliphatic carbocycles. The molecule has 0 heterocycles. The van der Waals surface area contributed by atoms with Gasteiger partial charge in [-0.15, -0.1) is 0 Å². The van der Waals surface area contributed by atoms with E-state index in [0.29, 0.717) is 31.6 Å². The molecule has 0 spiro atoms. The number of aliphatic hydroxyl groups is 1. The van der Waals surface area contributed by atoms with Crippen LogP contribution in [-0.2, 0) is 65.4 Å². The van der Waals surface area contributed by atoms with Gasteiger partial charge in [0.25, 0.3) is 0 Å². The lowest BCUT2D eigenvalue weighted by Crippen LogP contribution is -2.30. The molecule has 0 aromatic carbocycles. The molecule has 0 radical (unpaired) electrons.